The second-order valence-corrected chi connectivity index (χ2v) is 3.47. The lowest BCUT2D eigenvalue weighted by Crippen LogP contribution is -1.98. The van der Waals surface area contributed by atoms with E-state index in [-0.39, 0.29) is 0 Å². The highest BCUT2D eigenvalue weighted by molar-refractivity contribution is 5.63. The third kappa shape index (κ3) is 3.01. The monoisotopic (exact) mass is 202 g/mol. The van der Waals surface area contributed by atoms with E-state index in [1.165, 1.54) is 0 Å². The number of rotatable bonds is 3. The highest BCUT2D eigenvalue weighted by atomic mass is 14.9. The zero-order valence-electron chi connectivity index (χ0n) is 9.91. The predicted octanol–water partition coefficient (Wildman–Crippen LogP) is 3.55. The Hall–Kier alpha value is -1.44. The topological polar surface area (TPSA) is 25.8 Å². The molecule has 2 heteroatoms. The number of aryl methyl sites for hydroxylation is 2. The van der Waals surface area contributed by atoms with Crippen LogP contribution in [-0.2, 0) is 0 Å². The number of aromatic nitrogens is 2. The molecule has 0 spiro atoms. The Morgan fingerprint density at radius 1 is 1.13 bits per heavy atom. The van der Waals surface area contributed by atoms with Gasteiger partial charge in [-0.3, -0.25) is 0 Å². The molecule has 1 rings (SSSR count). The molecule has 0 fully saturated rings. The minimum atomic E-state index is 0.830. The van der Waals surface area contributed by atoms with E-state index in [4.69, 9.17) is 0 Å². The van der Waals surface area contributed by atoms with Crippen molar-refractivity contribution in [1.29, 1.82) is 0 Å². The fraction of sp³-hybridized carbons (Fsp3) is 0.385. The summed E-state index contributed by atoms with van der Waals surface area (Å²) in [5.74, 6) is 0.830. The lowest BCUT2D eigenvalue weighted by molar-refractivity contribution is 0.994. The summed E-state index contributed by atoms with van der Waals surface area (Å²) in [6, 6.07) is 0. The predicted molar refractivity (Wildman–Crippen MR) is 65.5 cm³/mol. The van der Waals surface area contributed by atoms with Gasteiger partial charge in [0.15, 0.2) is 0 Å². The van der Waals surface area contributed by atoms with Crippen LogP contribution in [0.5, 0.6) is 0 Å². The summed E-state index contributed by atoms with van der Waals surface area (Å²) < 4.78 is 0. The van der Waals surface area contributed by atoms with Crippen LogP contribution in [0.3, 0.4) is 0 Å². The van der Waals surface area contributed by atoms with Gasteiger partial charge in [0.1, 0.15) is 5.82 Å². The zero-order chi connectivity index (χ0) is 11.3. The van der Waals surface area contributed by atoms with Crippen molar-refractivity contribution in [2.45, 2.75) is 34.1 Å². The van der Waals surface area contributed by atoms with Crippen LogP contribution in [0.25, 0.3) is 12.2 Å². The van der Waals surface area contributed by atoms with Crippen LogP contribution in [0.1, 0.15) is 43.0 Å². The second kappa shape index (κ2) is 5.44. The smallest absolute Gasteiger partial charge is 0.126 e. The summed E-state index contributed by atoms with van der Waals surface area (Å²) >= 11 is 0. The van der Waals surface area contributed by atoms with E-state index in [0.717, 1.165) is 29.2 Å². The van der Waals surface area contributed by atoms with Crippen molar-refractivity contribution in [3.63, 3.8) is 0 Å². The van der Waals surface area contributed by atoms with Gasteiger partial charge in [-0.1, -0.05) is 25.2 Å². The van der Waals surface area contributed by atoms with Gasteiger partial charge < -0.3 is 0 Å². The van der Waals surface area contributed by atoms with Crippen molar-refractivity contribution in [2.75, 3.05) is 0 Å². The molecule has 0 aliphatic carbocycles. The largest absolute Gasteiger partial charge is 0.238 e. The van der Waals surface area contributed by atoms with E-state index >= 15 is 0 Å². The summed E-state index contributed by atoms with van der Waals surface area (Å²) in [6.45, 7) is 8.07. The van der Waals surface area contributed by atoms with E-state index in [0.29, 0.717) is 0 Å². The van der Waals surface area contributed by atoms with E-state index in [9.17, 15) is 0 Å². The van der Waals surface area contributed by atoms with Crippen LogP contribution in [0.4, 0.5) is 0 Å². The van der Waals surface area contributed by atoms with Crippen molar-refractivity contribution in [2.24, 2.45) is 0 Å². The average Bonchev–Trinajstić information content (AvgIpc) is 2.19. The summed E-state index contributed by atoms with van der Waals surface area (Å²) in [5.41, 5.74) is 3.17. The van der Waals surface area contributed by atoms with Gasteiger partial charge in [-0.25, -0.2) is 9.97 Å². The van der Waals surface area contributed by atoms with Gasteiger partial charge in [-0.05, 0) is 33.3 Å². The van der Waals surface area contributed by atoms with Gasteiger partial charge >= 0.3 is 0 Å². The maximum absolute atomic E-state index is 4.44. The Kier molecular flexibility index (Phi) is 4.22. The fourth-order valence-electron chi connectivity index (χ4n) is 1.48. The molecule has 0 radical (unpaired) electrons. The summed E-state index contributed by atoms with van der Waals surface area (Å²) in [5, 5.41) is 0. The normalized spacial score (nSPS) is 11.7. The van der Waals surface area contributed by atoms with Gasteiger partial charge in [0, 0.05) is 11.3 Å². The molecule has 0 bridgehead atoms. The minimum absolute atomic E-state index is 0.830. The third-order valence-corrected chi connectivity index (χ3v) is 2.12. The Bertz CT molecular complexity index is 390. The molecule has 1 aromatic rings. The quantitative estimate of drug-likeness (QED) is 0.749. The first-order valence-corrected chi connectivity index (χ1v) is 5.33. The molecule has 0 aliphatic heterocycles. The van der Waals surface area contributed by atoms with Crippen LogP contribution in [0.15, 0.2) is 12.2 Å². The molecule has 2 nitrogen and oxygen atoms in total. The molecular formula is C13H18N2. The van der Waals surface area contributed by atoms with Gasteiger partial charge in [-0.15, -0.1) is 0 Å². The molecule has 0 aliphatic rings. The molecular weight excluding hydrogens is 184 g/mol. The molecule has 0 atom stereocenters. The lowest BCUT2D eigenvalue weighted by Gasteiger charge is -2.05. The van der Waals surface area contributed by atoms with Crippen LogP contribution < -0.4 is 0 Å². The molecule has 1 heterocycles. The second-order valence-electron chi connectivity index (χ2n) is 3.47. The van der Waals surface area contributed by atoms with Gasteiger partial charge in [-0.2, -0.15) is 0 Å². The molecule has 0 amide bonds. The van der Waals surface area contributed by atoms with E-state index in [2.05, 4.69) is 35.1 Å². The summed E-state index contributed by atoms with van der Waals surface area (Å²) in [4.78, 5) is 8.81. The first kappa shape index (κ1) is 11.6. The maximum Gasteiger partial charge on any atom is 0.126 e. The van der Waals surface area contributed by atoms with Crippen LogP contribution in [0, 0.1) is 13.8 Å². The summed E-state index contributed by atoms with van der Waals surface area (Å²) in [7, 11) is 0. The van der Waals surface area contributed by atoms with Crippen molar-refractivity contribution in [3.05, 3.63) is 34.9 Å². The van der Waals surface area contributed by atoms with Crippen molar-refractivity contribution < 1.29 is 0 Å². The van der Waals surface area contributed by atoms with Crippen LogP contribution >= 0.6 is 0 Å². The first-order chi connectivity index (χ1) is 7.19. The molecule has 0 saturated heterocycles. The van der Waals surface area contributed by atoms with E-state index in [1.807, 2.05) is 26.8 Å². The van der Waals surface area contributed by atoms with Crippen molar-refractivity contribution >= 4 is 12.2 Å². The van der Waals surface area contributed by atoms with Crippen LogP contribution in [-0.4, -0.2) is 9.97 Å². The Labute approximate surface area is 91.8 Å². The lowest BCUT2D eigenvalue weighted by atomic mass is 10.1. The Balaban J connectivity index is 3.26. The maximum atomic E-state index is 4.44. The SMILES string of the molecule is C/C=C\c1c(C)nc(C)nc1/C=C\CC. The minimum Gasteiger partial charge on any atom is -0.238 e. The van der Waals surface area contributed by atoms with Crippen molar-refractivity contribution in [3.8, 4) is 0 Å². The third-order valence-electron chi connectivity index (χ3n) is 2.12. The fourth-order valence-corrected chi connectivity index (χ4v) is 1.48. The first-order valence-electron chi connectivity index (χ1n) is 5.33. The van der Waals surface area contributed by atoms with Gasteiger partial charge in [0.25, 0.3) is 0 Å². The molecule has 0 unspecified atom stereocenters. The highest BCUT2D eigenvalue weighted by Gasteiger charge is 2.04. The molecule has 0 N–H and O–H groups in total. The number of hydrogen-bond acceptors (Lipinski definition) is 2. The van der Waals surface area contributed by atoms with Crippen LogP contribution in [0.2, 0.25) is 0 Å². The molecule has 1 aromatic heterocycles. The number of allylic oxidation sites excluding steroid dienone is 2. The molecule has 15 heavy (non-hydrogen) atoms. The standard InChI is InChI=1S/C13H18N2/c1-5-7-9-13-12(8-6-2)10(3)14-11(4)15-13/h6-9H,5H2,1-4H3/b8-6-,9-7-. The zero-order valence-corrected chi connectivity index (χ0v) is 9.91. The van der Waals surface area contributed by atoms with Crippen molar-refractivity contribution in [1.82, 2.24) is 9.97 Å². The molecule has 80 valence electrons. The summed E-state index contributed by atoms with van der Waals surface area (Å²) in [6.07, 6.45) is 9.29. The molecule has 0 saturated carbocycles. The number of hydrogen-bond donors (Lipinski definition) is 0. The van der Waals surface area contributed by atoms with E-state index < -0.39 is 0 Å². The number of nitrogens with zero attached hydrogens (tertiary/aromatic N) is 2. The highest BCUT2D eigenvalue weighted by Crippen LogP contribution is 2.14. The van der Waals surface area contributed by atoms with E-state index in [1.54, 1.807) is 0 Å². The average molecular weight is 202 g/mol. The Morgan fingerprint density at radius 2 is 1.87 bits per heavy atom. The van der Waals surface area contributed by atoms with Gasteiger partial charge in [0.05, 0.1) is 5.69 Å². The Morgan fingerprint density at radius 3 is 2.47 bits per heavy atom. The van der Waals surface area contributed by atoms with Gasteiger partial charge in [0.2, 0.25) is 0 Å². The molecule has 0 aromatic carbocycles.